The fourth-order valence-corrected chi connectivity index (χ4v) is 2.98. The van der Waals surface area contributed by atoms with Gasteiger partial charge in [-0.05, 0) is 27.2 Å². The third-order valence-corrected chi connectivity index (χ3v) is 3.99. The lowest BCUT2D eigenvalue weighted by atomic mass is 9.85. The Kier molecular flexibility index (Phi) is 3.50. The van der Waals surface area contributed by atoms with E-state index in [2.05, 4.69) is 6.08 Å². The highest BCUT2D eigenvalue weighted by atomic mass is 16.6. The molecule has 0 saturated carbocycles. The second-order valence-corrected chi connectivity index (χ2v) is 6.83. The summed E-state index contributed by atoms with van der Waals surface area (Å²) in [5, 5.41) is 0. The highest BCUT2D eigenvalue weighted by molar-refractivity contribution is 5.70. The molecule has 3 aliphatic rings. The maximum absolute atomic E-state index is 12.4. The number of carbonyl (C=O) groups excluding carboxylic acids is 1. The monoisotopic (exact) mass is 281 g/mol. The van der Waals surface area contributed by atoms with Crippen LogP contribution in [-0.4, -0.2) is 55.1 Å². The molecular formula is C15H23NO4. The molecule has 0 aromatic carbocycles. The summed E-state index contributed by atoms with van der Waals surface area (Å²) in [6.07, 6.45) is 2.84. The van der Waals surface area contributed by atoms with Crippen molar-refractivity contribution in [2.45, 2.75) is 44.9 Å². The molecule has 2 bridgehead atoms. The quantitative estimate of drug-likeness (QED) is 0.689. The molecular weight excluding hydrogens is 258 g/mol. The molecule has 2 unspecified atom stereocenters. The summed E-state index contributed by atoms with van der Waals surface area (Å²) < 4.78 is 16.4. The molecule has 5 heteroatoms. The van der Waals surface area contributed by atoms with Crippen LogP contribution in [0.15, 0.2) is 11.6 Å². The van der Waals surface area contributed by atoms with Gasteiger partial charge in [-0.15, -0.1) is 0 Å². The van der Waals surface area contributed by atoms with Crippen molar-refractivity contribution >= 4 is 6.09 Å². The van der Waals surface area contributed by atoms with Gasteiger partial charge in [0.1, 0.15) is 5.60 Å². The number of fused-ring (bicyclic) bond motifs is 2. The fraction of sp³-hybridized carbons (Fsp3) is 0.800. The van der Waals surface area contributed by atoms with E-state index in [1.54, 1.807) is 0 Å². The van der Waals surface area contributed by atoms with Gasteiger partial charge in [0.25, 0.3) is 0 Å². The smallest absolute Gasteiger partial charge is 0.411 e. The van der Waals surface area contributed by atoms with Gasteiger partial charge in [0, 0.05) is 5.92 Å². The maximum atomic E-state index is 12.4. The molecule has 3 aliphatic heterocycles. The molecule has 0 aromatic rings. The summed E-state index contributed by atoms with van der Waals surface area (Å²) in [5.41, 5.74) is 0.965. The third-order valence-electron chi connectivity index (χ3n) is 3.99. The van der Waals surface area contributed by atoms with Gasteiger partial charge in [-0.25, -0.2) is 4.79 Å². The molecule has 0 spiro atoms. The molecule has 2 saturated heterocycles. The Labute approximate surface area is 119 Å². The topological polar surface area (TPSA) is 48.0 Å². The Balaban J connectivity index is 1.75. The minimum absolute atomic E-state index is 0.00736. The number of hydrogen-bond donors (Lipinski definition) is 0. The second-order valence-electron chi connectivity index (χ2n) is 6.83. The van der Waals surface area contributed by atoms with Gasteiger partial charge < -0.3 is 14.2 Å². The van der Waals surface area contributed by atoms with Crippen molar-refractivity contribution < 1.29 is 19.0 Å². The molecule has 112 valence electrons. The Hall–Kier alpha value is -1.07. The number of morpholine rings is 1. The predicted octanol–water partition coefficient (Wildman–Crippen LogP) is 1.97. The second kappa shape index (κ2) is 5.04. The largest absolute Gasteiger partial charge is 0.444 e. The zero-order chi connectivity index (χ0) is 14.3. The zero-order valence-corrected chi connectivity index (χ0v) is 12.4. The van der Waals surface area contributed by atoms with Crippen molar-refractivity contribution in [2.75, 3.05) is 26.4 Å². The van der Waals surface area contributed by atoms with Crippen LogP contribution in [0.5, 0.6) is 0 Å². The SMILES string of the molecule is CC(C)(C)OC(=O)N1C2C=C(C3COC3)CC1COC2. The standard InChI is InChI=1S/C15H23NO4/c1-15(2,3)20-14(17)16-12-4-10(11-6-18-7-11)5-13(16)9-19-8-12/h4,11-13H,5-9H2,1-3H3. The van der Waals surface area contributed by atoms with Crippen LogP contribution in [0.1, 0.15) is 27.2 Å². The first-order chi connectivity index (χ1) is 9.44. The summed E-state index contributed by atoms with van der Waals surface area (Å²) in [6, 6.07) is 0.108. The van der Waals surface area contributed by atoms with Crippen LogP contribution in [0.2, 0.25) is 0 Å². The van der Waals surface area contributed by atoms with Crippen molar-refractivity contribution in [1.29, 1.82) is 0 Å². The normalized spacial score (nSPS) is 30.6. The molecule has 1 amide bonds. The lowest BCUT2D eigenvalue weighted by Gasteiger charge is -2.46. The summed E-state index contributed by atoms with van der Waals surface area (Å²) in [5.74, 6) is 0.541. The average molecular weight is 281 g/mol. The van der Waals surface area contributed by atoms with Crippen LogP contribution in [0.4, 0.5) is 4.79 Å². The molecule has 0 N–H and O–H groups in total. The lowest BCUT2D eigenvalue weighted by Crippen LogP contribution is -2.58. The molecule has 3 heterocycles. The minimum Gasteiger partial charge on any atom is -0.444 e. The van der Waals surface area contributed by atoms with Crippen LogP contribution < -0.4 is 0 Å². The van der Waals surface area contributed by atoms with E-state index >= 15 is 0 Å². The molecule has 3 rings (SSSR count). The Morgan fingerprint density at radius 3 is 2.50 bits per heavy atom. The molecule has 20 heavy (non-hydrogen) atoms. The summed E-state index contributed by atoms with van der Waals surface area (Å²) in [4.78, 5) is 14.2. The van der Waals surface area contributed by atoms with E-state index < -0.39 is 5.60 Å². The van der Waals surface area contributed by atoms with E-state index in [4.69, 9.17) is 14.2 Å². The van der Waals surface area contributed by atoms with Gasteiger partial charge in [0.15, 0.2) is 0 Å². The van der Waals surface area contributed by atoms with Crippen LogP contribution in [-0.2, 0) is 14.2 Å². The lowest BCUT2D eigenvalue weighted by molar-refractivity contribution is -0.0615. The molecule has 0 aromatic heterocycles. The summed E-state index contributed by atoms with van der Waals surface area (Å²) >= 11 is 0. The number of carbonyl (C=O) groups is 1. The maximum Gasteiger partial charge on any atom is 0.411 e. The van der Waals surface area contributed by atoms with E-state index in [0.717, 1.165) is 19.6 Å². The molecule has 0 aliphatic carbocycles. The Morgan fingerprint density at radius 2 is 1.95 bits per heavy atom. The van der Waals surface area contributed by atoms with Gasteiger partial charge in [-0.1, -0.05) is 11.6 Å². The van der Waals surface area contributed by atoms with Crippen molar-refractivity contribution in [2.24, 2.45) is 5.92 Å². The predicted molar refractivity (Wildman–Crippen MR) is 73.5 cm³/mol. The average Bonchev–Trinajstić information content (AvgIpc) is 2.22. The number of amides is 1. The molecule has 2 atom stereocenters. The van der Waals surface area contributed by atoms with Crippen LogP contribution in [0, 0.1) is 5.92 Å². The van der Waals surface area contributed by atoms with Gasteiger partial charge >= 0.3 is 6.09 Å². The van der Waals surface area contributed by atoms with E-state index in [9.17, 15) is 4.79 Å². The highest BCUT2D eigenvalue weighted by Crippen LogP contribution is 2.34. The van der Waals surface area contributed by atoms with Crippen molar-refractivity contribution in [3.63, 3.8) is 0 Å². The van der Waals surface area contributed by atoms with Crippen LogP contribution in [0.3, 0.4) is 0 Å². The van der Waals surface area contributed by atoms with Crippen molar-refractivity contribution in [3.05, 3.63) is 11.6 Å². The number of rotatable bonds is 1. The van der Waals surface area contributed by atoms with E-state index in [0.29, 0.717) is 19.1 Å². The number of hydrogen-bond acceptors (Lipinski definition) is 4. The first-order valence-electron chi connectivity index (χ1n) is 7.31. The van der Waals surface area contributed by atoms with Crippen molar-refractivity contribution in [3.8, 4) is 0 Å². The fourth-order valence-electron chi connectivity index (χ4n) is 2.98. The Morgan fingerprint density at radius 1 is 1.25 bits per heavy atom. The van der Waals surface area contributed by atoms with Gasteiger partial charge in [-0.3, -0.25) is 4.90 Å². The number of ether oxygens (including phenoxy) is 3. The van der Waals surface area contributed by atoms with Gasteiger partial charge in [-0.2, -0.15) is 0 Å². The van der Waals surface area contributed by atoms with E-state index in [1.807, 2.05) is 25.7 Å². The van der Waals surface area contributed by atoms with Crippen LogP contribution >= 0.6 is 0 Å². The van der Waals surface area contributed by atoms with Gasteiger partial charge in [0.2, 0.25) is 0 Å². The Bertz CT molecular complexity index is 422. The van der Waals surface area contributed by atoms with Gasteiger partial charge in [0.05, 0.1) is 38.5 Å². The highest BCUT2D eigenvalue weighted by Gasteiger charge is 2.41. The first-order valence-corrected chi connectivity index (χ1v) is 7.31. The number of nitrogens with zero attached hydrogens (tertiary/aromatic N) is 1. The minimum atomic E-state index is -0.460. The molecule has 0 radical (unpaired) electrons. The molecule has 2 fully saturated rings. The molecule has 5 nitrogen and oxygen atoms in total. The summed E-state index contributed by atoms with van der Waals surface area (Å²) in [6.45, 7) is 8.49. The first kappa shape index (κ1) is 13.9. The van der Waals surface area contributed by atoms with E-state index in [1.165, 1.54) is 5.57 Å². The third kappa shape index (κ3) is 2.69. The van der Waals surface area contributed by atoms with Crippen molar-refractivity contribution in [1.82, 2.24) is 4.90 Å². The van der Waals surface area contributed by atoms with Crippen LogP contribution in [0.25, 0.3) is 0 Å². The zero-order valence-electron chi connectivity index (χ0n) is 12.4. The summed E-state index contributed by atoms with van der Waals surface area (Å²) in [7, 11) is 0. The van der Waals surface area contributed by atoms with E-state index in [-0.39, 0.29) is 18.2 Å².